The Morgan fingerprint density at radius 2 is 2.29 bits per heavy atom. The minimum absolute atomic E-state index is 0.640. The first-order chi connectivity index (χ1) is 8.15. The fraction of sp³-hybridized carbons (Fsp3) is 0.250. The van der Waals surface area contributed by atoms with Gasteiger partial charge in [0.2, 0.25) is 0 Å². The maximum Gasteiger partial charge on any atom is 0.0657 e. The molecule has 0 unspecified atom stereocenters. The number of nitrogens with one attached hydrogen (secondary N) is 1. The van der Waals surface area contributed by atoms with Crippen molar-refractivity contribution in [1.29, 1.82) is 0 Å². The molecule has 0 bridgehead atoms. The summed E-state index contributed by atoms with van der Waals surface area (Å²) >= 11 is 6.05. The number of hydrogen-bond acceptors (Lipinski definition) is 3. The van der Waals surface area contributed by atoms with Crippen molar-refractivity contribution in [2.75, 3.05) is 17.6 Å². The standard InChI is InChI=1S/C12H15ClN4/c1-9-7-16-17(8-9)5-4-15-12-3-2-10(14)6-11(12)13/h2-3,6-8,15H,4-5,14H2,1H3. The van der Waals surface area contributed by atoms with Crippen molar-refractivity contribution in [2.45, 2.75) is 13.5 Å². The summed E-state index contributed by atoms with van der Waals surface area (Å²) in [6.07, 6.45) is 3.85. The van der Waals surface area contributed by atoms with Gasteiger partial charge in [-0.05, 0) is 30.7 Å². The van der Waals surface area contributed by atoms with Gasteiger partial charge in [-0.25, -0.2) is 0 Å². The van der Waals surface area contributed by atoms with E-state index in [0.717, 1.165) is 24.3 Å². The Kier molecular flexibility index (Phi) is 3.54. The van der Waals surface area contributed by atoms with Crippen molar-refractivity contribution in [1.82, 2.24) is 9.78 Å². The van der Waals surface area contributed by atoms with E-state index in [2.05, 4.69) is 10.4 Å². The molecule has 0 atom stereocenters. The predicted molar refractivity (Wildman–Crippen MR) is 71.3 cm³/mol. The number of aromatic nitrogens is 2. The van der Waals surface area contributed by atoms with E-state index in [1.165, 1.54) is 0 Å². The Hall–Kier alpha value is -1.68. The molecule has 2 rings (SSSR count). The van der Waals surface area contributed by atoms with Gasteiger partial charge in [0.15, 0.2) is 0 Å². The molecule has 2 aromatic rings. The predicted octanol–water partition coefficient (Wildman–Crippen LogP) is 2.54. The number of anilines is 2. The Bertz CT molecular complexity index is 507. The van der Waals surface area contributed by atoms with Crippen LogP contribution in [0.1, 0.15) is 5.56 Å². The van der Waals surface area contributed by atoms with Crippen molar-refractivity contribution < 1.29 is 0 Å². The third-order valence-corrected chi connectivity index (χ3v) is 2.72. The Balaban J connectivity index is 1.90. The summed E-state index contributed by atoms with van der Waals surface area (Å²) < 4.78 is 1.90. The van der Waals surface area contributed by atoms with Gasteiger partial charge in [-0.2, -0.15) is 5.10 Å². The van der Waals surface area contributed by atoms with Gasteiger partial charge in [-0.3, -0.25) is 4.68 Å². The average molecular weight is 251 g/mol. The molecule has 0 aliphatic carbocycles. The lowest BCUT2D eigenvalue weighted by atomic mass is 10.3. The highest BCUT2D eigenvalue weighted by atomic mass is 35.5. The molecule has 1 aromatic heterocycles. The third kappa shape index (κ3) is 3.14. The van der Waals surface area contributed by atoms with Crippen LogP contribution in [0.2, 0.25) is 5.02 Å². The summed E-state index contributed by atoms with van der Waals surface area (Å²) in [4.78, 5) is 0. The molecular weight excluding hydrogens is 236 g/mol. The van der Waals surface area contributed by atoms with Crippen molar-refractivity contribution in [2.24, 2.45) is 0 Å². The highest BCUT2D eigenvalue weighted by molar-refractivity contribution is 6.33. The van der Waals surface area contributed by atoms with E-state index in [1.807, 2.05) is 36.1 Å². The van der Waals surface area contributed by atoms with Crippen LogP contribution in [0.25, 0.3) is 0 Å². The number of halogens is 1. The molecule has 4 nitrogen and oxygen atoms in total. The molecule has 3 N–H and O–H groups in total. The molecule has 0 spiro atoms. The van der Waals surface area contributed by atoms with E-state index in [4.69, 9.17) is 17.3 Å². The van der Waals surface area contributed by atoms with Crippen LogP contribution in [-0.4, -0.2) is 16.3 Å². The second-order valence-electron chi connectivity index (χ2n) is 3.95. The van der Waals surface area contributed by atoms with Gasteiger partial charge in [-0.15, -0.1) is 0 Å². The third-order valence-electron chi connectivity index (χ3n) is 2.41. The minimum atomic E-state index is 0.640. The Morgan fingerprint density at radius 3 is 2.94 bits per heavy atom. The van der Waals surface area contributed by atoms with E-state index in [0.29, 0.717) is 10.7 Å². The van der Waals surface area contributed by atoms with Crippen LogP contribution in [0.4, 0.5) is 11.4 Å². The summed E-state index contributed by atoms with van der Waals surface area (Å²) in [5.74, 6) is 0. The number of nitrogens with zero attached hydrogens (tertiary/aromatic N) is 2. The Labute approximate surface area is 105 Å². The van der Waals surface area contributed by atoms with Crippen LogP contribution >= 0.6 is 11.6 Å². The molecule has 1 aromatic carbocycles. The molecule has 17 heavy (non-hydrogen) atoms. The van der Waals surface area contributed by atoms with Gasteiger partial charge in [-0.1, -0.05) is 11.6 Å². The first kappa shape index (κ1) is 11.8. The largest absolute Gasteiger partial charge is 0.399 e. The fourth-order valence-corrected chi connectivity index (χ4v) is 1.82. The van der Waals surface area contributed by atoms with E-state index >= 15 is 0 Å². The van der Waals surface area contributed by atoms with Crippen molar-refractivity contribution in [3.05, 3.63) is 41.2 Å². The van der Waals surface area contributed by atoms with Crippen molar-refractivity contribution in [3.63, 3.8) is 0 Å². The number of aryl methyl sites for hydroxylation is 1. The number of hydrogen-bond donors (Lipinski definition) is 2. The monoisotopic (exact) mass is 250 g/mol. The van der Waals surface area contributed by atoms with Crippen LogP contribution in [0, 0.1) is 6.92 Å². The maximum absolute atomic E-state index is 6.05. The molecule has 0 aliphatic rings. The molecule has 0 aliphatic heterocycles. The normalized spacial score (nSPS) is 10.5. The van der Waals surface area contributed by atoms with Crippen LogP contribution in [0.3, 0.4) is 0 Å². The summed E-state index contributed by atoms with van der Waals surface area (Å²) in [6, 6.07) is 5.44. The zero-order valence-corrected chi connectivity index (χ0v) is 10.4. The van der Waals surface area contributed by atoms with Crippen molar-refractivity contribution in [3.8, 4) is 0 Å². The fourth-order valence-electron chi connectivity index (χ4n) is 1.57. The summed E-state index contributed by atoms with van der Waals surface area (Å²) in [6.45, 7) is 3.59. The van der Waals surface area contributed by atoms with Gasteiger partial charge >= 0.3 is 0 Å². The smallest absolute Gasteiger partial charge is 0.0657 e. The van der Waals surface area contributed by atoms with Crippen LogP contribution in [0.5, 0.6) is 0 Å². The lowest BCUT2D eigenvalue weighted by molar-refractivity contribution is 0.637. The van der Waals surface area contributed by atoms with Gasteiger partial charge in [0.25, 0.3) is 0 Å². The first-order valence-corrected chi connectivity index (χ1v) is 5.81. The highest BCUT2D eigenvalue weighted by Gasteiger charge is 2.00. The molecule has 0 amide bonds. The molecule has 90 valence electrons. The lowest BCUT2D eigenvalue weighted by Crippen LogP contribution is -2.11. The quantitative estimate of drug-likeness (QED) is 0.820. The van der Waals surface area contributed by atoms with Crippen LogP contribution < -0.4 is 11.1 Å². The molecule has 1 heterocycles. The summed E-state index contributed by atoms with van der Waals surface area (Å²) in [7, 11) is 0. The van der Waals surface area contributed by atoms with E-state index in [-0.39, 0.29) is 0 Å². The average Bonchev–Trinajstić information content (AvgIpc) is 2.68. The first-order valence-electron chi connectivity index (χ1n) is 5.43. The zero-order chi connectivity index (χ0) is 12.3. The number of rotatable bonds is 4. The minimum Gasteiger partial charge on any atom is -0.399 e. The van der Waals surface area contributed by atoms with E-state index in [9.17, 15) is 0 Å². The van der Waals surface area contributed by atoms with Crippen LogP contribution in [0.15, 0.2) is 30.6 Å². The summed E-state index contributed by atoms with van der Waals surface area (Å²) in [5.41, 5.74) is 8.35. The maximum atomic E-state index is 6.05. The SMILES string of the molecule is Cc1cnn(CCNc2ccc(N)cc2Cl)c1. The zero-order valence-electron chi connectivity index (χ0n) is 9.65. The molecule has 5 heteroatoms. The highest BCUT2D eigenvalue weighted by Crippen LogP contribution is 2.23. The molecule has 0 saturated carbocycles. The van der Waals surface area contributed by atoms with Crippen LogP contribution in [-0.2, 0) is 6.54 Å². The van der Waals surface area contributed by atoms with Gasteiger partial charge in [0, 0.05) is 18.4 Å². The second-order valence-corrected chi connectivity index (χ2v) is 4.35. The van der Waals surface area contributed by atoms with Gasteiger partial charge in [0.1, 0.15) is 0 Å². The van der Waals surface area contributed by atoms with Crippen molar-refractivity contribution >= 4 is 23.0 Å². The van der Waals surface area contributed by atoms with E-state index in [1.54, 1.807) is 6.07 Å². The molecular formula is C12H15ClN4. The summed E-state index contributed by atoms with van der Waals surface area (Å²) in [5, 5.41) is 8.10. The molecule has 0 fully saturated rings. The number of nitrogen functional groups attached to an aromatic ring is 1. The number of nitrogens with two attached hydrogens (primary N) is 1. The van der Waals surface area contributed by atoms with E-state index < -0.39 is 0 Å². The molecule has 0 radical (unpaired) electrons. The topological polar surface area (TPSA) is 55.9 Å². The van der Waals surface area contributed by atoms with Gasteiger partial charge < -0.3 is 11.1 Å². The molecule has 0 saturated heterocycles. The Morgan fingerprint density at radius 1 is 1.47 bits per heavy atom. The lowest BCUT2D eigenvalue weighted by Gasteiger charge is -2.08. The second kappa shape index (κ2) is 5.10. The van der Waals surface area contributed by atoms with Gasteiger partial charge in [0.05, 0.1) is 23.5 Å². The number of benzene rings is 1.